The molecule has 0 bridgehead atoms. The molecule has 0 saturated heterocycles. The average Bonchev–Trinajstić information content (AvgIpc) is 2.96. The van der Waals surface area contributed by atoms with Crippen molar-refractivity contribution in [2.45, 2.75) is 11.5 Å². The third-order valence-electron chi connectivity index (χ3n) is 5.76. The Morgan fingerprint density at radius 3 is 2.45 bits per heavy atom. The number of rotatable bonds is 11. The fraction of sp³-hybridized carbons (Fsp3) is 0.103. The molecule has 0 fully saturated rings. The van der Waals surface area contributed by atoms with Crippen LogP contribution in [0.5, 0.6) is 11.5 Å². The Labute approximate surface area is 270 Å². The predicted molar refractivity (Wildman–Crippen MR) is 172 cm³/mol. The maximum absolute atomic E-state index is 13.4. The number of hydrazone groups is 1. The van der Waals surface area contributed by atoms with E-state index < -0.39 is 22.5 Å². The highest BCUT2D eigenvalue weighted by Gasteiger charge is 2.27. The van der Waals surface area contributed by atoms with Gasteiger partial charge in [-0.05, 0) is 76.1 Å². The number of sulfonamides is 1. The van der Waals surface area contributed by atoms with Crippen molar-refractivity contribution in [2.75, 3.05) is 18.0 Å². The molecule has 0 atom stereocenters. The molecule has 0 spiro atoms. The van der Waals surface area contributed by atoms with E-state index in [4.69, 9.17) is 32.7 Å². The lowest BCUT2D eigenvalue weighted by Gasteiger charge is -2.23. The maximum Gasteiger partial charge on any atom is 0.264 e. The minimum atomic E-state index is -4.04. The number of ether oxygens (including phenoxy) is 2. The Kier molecular flexibility index (Phi) is 10.9. The quantitative estimate of drug-likeness (QED) is 0.127. The number of nitrogens with one attached hydrogen (secondary N) is 1. The standard InChI is InChI=1S/C29H23Br2Cl2N3O5S/c1-40-27-13-19(12-25(31)29(27)41-18-20-10-11-22(32)15-26(20)33)16-34-35-28(37)17-36(23-7-5-6-21(30)14-23)42(38,39)24-8-3-2-4-9-24/h2-16H,17-18H2,1H3,(H,35,37)/b34-16+. The summed E-state index contributed by atoms with van der Waals surface area (Å²) in [7, 11) is -2.55. The van der Waals surface area contributed by atoms with Gasteiger partial charge in [0.2, 0.25) is 0 Å². The van der Waals surface area contributed by atoms with Gasteiger partial charge in [0, 0.05) is 20.1 Å². The molecular formula is C29H23Br2Cl2N3O5S. The molecule has 4 aromatic rings. The highest BCUT2D eigenvalue weighted by atomic mass is 79.9. The minimum absolute atomic E-state index is 0.0545. The van der Waals surface area contributed by atoms with E-state index in [1.54, 1.807) is 72.8 Å². The number of hydrogen-bond acceptors (Lipinski definition) is 6. The number of anilines is 1. The molecular weight excluding hydrogens is 733 g/mol. The topological polar surface area (TPSA) is 97.3 Å². The van der Waals surface area contributed by atoms with Crippen LogP contribution in [-0.4, -0.2) is 34.2 Å². The van der Waals surface area contributed by atoms with E-state index in [9.17, 15) is 13.2 Å². The lowest BCUT2D eigenvalue weighted by molar-refractivity contribution is -0.119. The highest BCUT2D eigenvalue weighted by Crippen LogP contribution is 2.37. The van der Waals surface area contributed by atoms with Crippen LogP contribution in [-0.2, 0) is 21.4 Å². The first-order valence-electron chi connectivity index (χ1n) is 12.2. The molecule has 0 aliphatic rings. The van der Waals surface area contributed by atoms with Gasteiger partial charge in [0.05, 0.1) is 28.4 Å². The van der Waals surface area contributed by atoms with Gasteiger partial charge in [-0.25, -0.2) is 13.8 Å². The van der Waals surface area contributed by atoms with Gasteiger partial charge in [0.25, 0.3) is 15.9 Å². The van der Waals surface area contributed by atoms with E-state index in [0.29, 0.717) is 41.7 Å². The van der Waals surface area contributed by atoms with Crippen LogP contribution in [0, 0.1) is 0 Å². The molecule has 1 amide bonds. The number of nitrogens with zero attached hydrogens (tertiary/aromatic N) is 2. The van der Waals surface area contributed by atoms with Crippen LogP contribution in [0.3, 0.4) is 0 Å². The smallest absolute Gasteiger partial charge is 0.264 e. The Morgan fingerprint density at radius 1 is 1.00 bits per heavy atom. The van der Waals surface area contributed by atoms with Crippen LogP contribution in [0.25, 0.3) is 0 Å². The van der Waals surface area contributed by atoms with E-state index >= 15 is 0 Å². The van der Waals surface area contributed by atoms with Crippen LogP contribution in [0.2, 0.25) is 10.0 Å². The molecule has 0 aliphatic carbocycles. The summed E-state index contributed by atoms with van der Waals surface area (Å²) in [5.41, 5.74) is 4.04. The molecule has 0 aromatic heterocycles. The van der Waals surface area contributed by atoms with E-state index in [-0.39, 0.29) is 11.5 Å². The molecule has 4 aromatic carbocycles. The second-order valence-corrected chi connectivity index (χ2v) is 13.1. The summed E-state index contributed by atoms with van der Waals surface area (Å²) in [5.74, 6) is 0.217. The van der Waals surface area contributed by atoms with Gasteiger partial charge >= 0.3 is 0 Å². The van der Waals surface area contributed by atoms with Crippen molar-refractivity contribution in [3.63, 3.8) is 0 Å². The van der Waals surface area contributed by atoms with Crippen LogP contribution in [0.4, 0.5) is 5.69 Å². The summed E-state index contributed by atoms with van der Waals surface area (Å²) < 4.78 is 40.6. The molecule has 0 unspecified atom stereocenters. The van der Waals surface area contributed by atoms with Crippen molar-refractivity contribution in [3.05, 3.63) is 115 Å². The van der Waals surface area contributed by atoms with E-state index in [0.717, 1.165) is 9.87 Å². The molecule has 4 rings (SSSR count). The summed E-state index contributed by atoms with van der Waals surface area (Å²) in [4.78, 5) is 12.9. The van der Waals surface area contributed by atoms with E-state index in [1.165, 1.54) is 25.5 Å². The third kappa shape index (κ3) is 8.05. The van der Waals surface area contributed by atoms with E-state index in [1.807, 2.05) is 0 Å². The normalized spacial score (nSPS) is 11.4. The Balaban J connectivity index is 1.48. The van der Waals surface area contributed by atoms with Crippen LogP contribution in [0.15, 0.2) is 104 Å². The molecule has 0 saturated carbocycles. The summed E-state index contributed by atoms with van der Waals surface area (Å²) in [6, 6.07) is 23.1. The molecule has 1 N–H and O–H groups in total. The van der Waals surface area contributed by atoms with Crippen LogP contribution < -0.4 is 19.2 Å². The summed E-state index contributed by atoms with van der Waals surface area (Å²) in [6.07, 6.45) is 1.40. The second-order valence-electron chi connectivity index (χ2n) is 8.66. The zero-order chi connectivity index (χ0) is 30.3. The van der Waals surface area contributed by atoms with E-state index in [2.05, 4.69) is 42.4 Å². The number of carbonyl (C=O) groups excluding carboxylic acids is 1. The lowest BCUT2D eigenvalue weighted by Crippen LogP contribution is -2.39. The number of amides is 1. The van der Waals surface area contributed by atoms with Gasteiger partial charge in [-0.15, -0.1) is 0 Å². The number of carbonyl (C=O) groups is 1. The highest BCUT2D eigenvalue weighted by molar-refractivity contribution is 9.10. The summed E-state index contributed by atoms with van der Waals surface area (Å²) in [5, 5.41) is 5.02. The predicted octanol–water partition coefficient (Wildman–Crippen LogP) is 7.45. The zero-order valence-electron chi connectivity index (χ0n) is 21.9. The second kappa shape index (κ2) is 14.4. The minimum Gasteiger partial charge on any atom is -0.493 e. The van der Waals surface area contributed by atoms with Gasteiger partial charge in [-0.3, -0.25) is 9.10 Å². The van der Waals surface area contributed by atoms with Gasteiger partial charge in [0.1, 0.15) is 13.2 Å². The Hall–Kier alpha value is -3.09. The molecule has 13 heteroatoms. The van der Waals surface area contributed by atoms with Crippen molar-refractivity contribution in [3.8, 4) is 11.5 Å². The number of benzene rings is 4. The van der Waals surface area contributed by atoms with Crippen molar-refractivity contribution < 1.29 is 22.7 Å². The first-order chi connectivity index (χ1) is 20.1. The van der Waals surface area contributed by atoms with Crippen LogP contribution >= 0.6 is 55.1 Å². The first kappa shape index (κ1) is 31.8. The number of methoxy groups -OCH3 is 1. The molecule has 0 heterocycles. The molecule has 218 valence electrons. The Bertz CT molecular complexity index is 1720. The van der Waals surface area contributed by atoms with Crippen LogP contribution in [0.1, 0.15) is 11.1 Å². The van der Waals surface area contributed by atoms with Gasteiger partial charge in [0.15, 0.2) is 11.5 Å². The van der Waals surface area contributed by atoms with Crippen molar-refractivity contribution in [1.82, 2.24) is 5.43 Å². The maximum atomic E-state index is 13.4. The van der Waals surface area contributed by atoms with Gasteiger partial charge in [-0.1, -0.05) is 69.5 Å². The number of halogens is 4. The average molecular weight is 756 g/mol. The fourth-order valence-electron chi connectivity index (χ4n) is 3.75. The molecule has 42 heavy (non-hydrogen) atoms. The monoisotopic (exact) mass is 753 g/mol. The molecule has 8 nitrogen and oxygen atoms in total. The third-order valence-corrected chi connectivity index (χ3v) is 9.21. The van der Waals surface area contributed by atoms with Gasteiger partial charge < -0.3 is 9.47 Å². The van der Waals surface area contributed by atoms with Crippen molar-refractivity contribution in [2.24, 2.45) is 5.10 Å². The fourth-order valence-corrected chi connectivity index (χ4v) is 6.61. The van der Waals surface area contributed by atoms with Crippen molar-refractivity contribution >= 4 is 82.9 Å². The SMILES string of the molecule is COc1cc(/C=N/NC(=O)CN(c2cccc(Br)c2)S(=O)(=O)c2ccccc2)cc(Br)c1OCc1ccc(Cl)cc1Cl. The zero-order valence-corrected chi connectivity index (χ0v) is 27.4. The number of hydrogen-bond donors (Lipinski definition) is 1. The molecule has 0 radical (unpaired) electrons. The summed E-state index contributed by atoms with van der Waals surface area (Å²) >= 11 is 19.1. The first-order valence-corrected chi connectivity index (χ1v) is 16.0. The van der Waals surface area contributed by atoms with Gasteiger partial charge in [-0.2, -0.15) is 5.10 Å². The molecule has 0 aliphatic heterocycles. The Morgan fingerprint density at radius 2 is 1.76 bits per heavy atom. The summed E-state index contributed by atoms with van der Waals surface area (Å²) in [6.45, 7) is -0.326. The van der Waals surface area contributed by atoms with Crippen molar-refractivity contribution in [1.29, 1.82) is 0 Å². The largest absolute Gasteiger partial charge is 0.493 e. The lowest BCUT2D eigenvalue weighted by atomic mass is 10.2.